The van der Waals surface area contributed by atoms with Gasteiger partial charge in [0.05, 0.1) is 5.39 Å². The second kappa shape index (κ2) is 7.76. The van der Waals surface area contributed by atoms with Crippen LogP contribution in [0.1, 0.15) is 41.4 Å². The standard InChI is InChI=1S/C22H18ClN3O4/c1-11(2)13-4-6-14(7-5-13)20-21(26-30-25-20)24-22(28)19-10-17(27)15-9-16(23)12(3)8-18(15)29-19/h4-11H,1-3H3,(H,24,26,28). The maximum Gasteiger partial charge on any atom is 0.292 e. The van der Waals surface area contributed by atoms with Gasteiger partial charge < -0.3 is 4.42 Å². The van der Waals surface area contributed by atoms with Gasteiger partial charge in [0, 0.05) is 16.7 Å². The summed E-state index contributed by atoms with van der Waals surface area (Å²) < 4.78 is 10.4. The normalized spacial score (nSPS) is 11.2. The Balaban J connectivity index is 1.65. The predicted octanol–water partition coefficient (Wildman–Crippen LogP) is 5.18. The van der Waals surface area contributed by atoms with Crippen LogP contribution >= 0.6 is 11.6 Å². The molecule has 0 atom stereocenters. The summed E-state index contributed by atoms with van der Waals surface area (Å²) in [7, 11) is 0. The second-order valence-electron chi connectivity index (χ2n) is 7.26. The number of carbonyl (C=O) groups is 1. The number of nitrogens with one attached hydrogen (secondary N) is 1. The molecule has 0 unspecified atom stereocenters. The van der Waals surface area contributed by atoms with E-state index in [9.17, 15) is 9.59 Å². The molecule has 4 aromatic rings. The number of amides is 1. The first-order chi connectivity index (χ1) is 14.3. The summed E-state index contributed by atoms with van der Waals surface area (Å²) in [4.78, 5) is 25.1. The van der Waals surface area contributed by atoms with Gasteiger partial charge in [0.25, 0.3) is 5.91 Å². The lowest BCUT2D eigenvalue weighted by Crippen LogP contribution is -2.15. The van der Waals surface area contributed by atoms with Crippen molar-refractivity contribution in [1.82, 2.24) is 10.3 Å². The summed E-state index contributed by atoms with van der Waals surface area (Å²) in [6, 6.07) is 12.0. The van der Waals surface area contributed by atoms with Crippen LogP contribution in [0.5, 0.6) is 0 Å². The van der Waals surface area contributed by atoms with Gasteiger partial charge in [0.15, 0.2) is 16.9 Å². The summed E-state index contributed by atoms with van der Waals surface area (Å²) in [6.07, 6.45) is 0. The Morgan fingerprint density at radius 1 is 1.10 bits per heavy atom. The number of fused-ring (bicyclic) bond motifs is 1. The van der Waals surface area contributed by atoms with E-state index in [1.54, 1.807) is 13.0 Å². The maximum atomic E-state index is 12.7. The van der Waals surface area contributed by atoms with Crippen LogP contribution in [0.15, 0.2) is 56.3 Å². The van der Waals surface area contributed by atoms with E-state index in [0.717, 1.165) is 17.2 Å². The molecule has 0 fully saturated rings. The molecule has 1 amide bonds. The third-order valence-corrected chi connectivity index (χ3v) is 5.21. The molecule has 4 rings (SSSR count). The number of rotatable bonds is 4. The Morgan fingerprint density at radius 3 is 2.53 bits per heavy atom. The average molecular weight is 424 g/mol. The molecule has 2 aromatic carbocycles. The molecule has 0 saturated carbocycles. The SMILES string of the molecule is Cc1cc2oc(C(=O)Nc3nonc3-c3ccc(C(C)C)cc3)cc(=O)c2cc1Cl. The van der Waals surface area contributed by atoms with Crippen molar-refractivity contribution >= 4 is 34.3 Å². The summed E-state index contributed by atoms with van der Waals surface area (Å²) in [6.45, 7) is 5.99. The highest BCUT2D eigenvalue weighted by Gasteiger charge is 2.19. The van der Waals surface area contributed by atoms with Crippen molar-refractivity contribution in [3.63, 3.8) is 0 Å². The van der Waals surface area contributed by atoms with Crippen molar-refractivity contribution in [3.8, 4) is 11.3 Å². The van der Waals surface area contributed by atoms with Crippen LogP contribution in [-0.2, 0) is 0 Å². The van der Waals surface area contributed by atoms with Crippen LogP contribution in [0.3, 0.4) is 0 Å². The molecule has 8 heteroatoms. The molecular formula is C22H18ClN3O4. The van der Waals surface area contributed by atoms with Gasteiger partial charge in [0.2, 0.25) is 5.82 Å². The lowest BCUT2D eigenvalue weighted by atomic mass is 10.0. The first-order valence-corrected chi connectivity index (χ1v) is 9.69. The van der Waals surface area contributed by atoms with Crippen LogP contribution in [0, 0.1) is 6.92 Å². The molecule has 0 saturated heterocycles. The van der Waals surface area contributed by atoms with E-state index in [1.165, 1.54) is 11.6 Å². The fraction of sp³-hybridized carbons (Fsp3) is 0.182. The highest BCUT2D eigenvalue weighted by Crippen LogP contribution is 2.27. The Morgan fingerprint density at radius 2 is 1.83 bits per heavy atom. The minimum Gasteiger partial charge on any atom is -0.451 e. The monoisotopic (exact) mass is 423 g/mol. The van der Waals surface area contributed by atoms with E-state index in [-0.39, 0.29) is 22.6 Å². The number of hydrogen-bond donors (Lipinski definition) is 1. The van der Waals surface area contributed by atoms with Crippen LogP contribution in [0.2, 0.25) is 5.02 Å². The van der Waals surface area contributed by atoms with E-state index in [1.807, 2.05) is 24.3 Å². The van der Waals surface area contributed by atoms with E-state index >= 15 is 0 Å². The van der Waals surface area contributed by atoms with Gasteiger partial charge >= 0.3 is 0 Å². The molecule has 0 aliphatic carbocycles. The second-order valence-corrected chi connectivity index (χ2v) is 7.67. The van der Waals surface area contributed by atoms with Crippen molar-refractivity contribution in [1.29, 1.82) is 0 Å². The van der Waals surface area contributed by atoms with Crippen LogP contribution < -0.4 is 10.7 Å². The first kappa shape index (κ1) is 19.8. The van der Waals surface area contributed by atoms with Crippen LogP contribution in [-0.4, -0.2) is 16.2 Å². The smallest absolute Gasteiger partial charge is 0.292 e. The topological polar surface area (TPSA) is 98.2 Å². The van der Waals surface area contributed by atoms with E-state index in [0.29, 0.717) is 22.0 Å². The van der Waals surface area contributed by atoms with Crippen molar-refractivity contribution in [3.05, 3.63) is 74.6 Å². The van der Waals surface area contributed by atoms with Gasteiger partial charge in [-0.2, -0.15) is 0 Å². The summed E-state index contributed by atoms with van der Waals surface area (Å²) >= 11 is 6.07. The average Bonchev–Trinajstić information content (AvgIpc) is 3.17. The van der Waals surface area contributed by atoms with E-state index in [4.69, 9.17) is 20.6 Å². The zero-order valence-corrected chi connectivity index (χ0v) is 17.3. The molecule has 152 valence electrons. The van der Waals surface area contributed by atoms with Gasteiger partial charge in [0.1, 0.15) is 5.58 Å². The van der Waals surface area contributed by atoms with E-state index in [2.05, 4.69) is 29.5 Å². The van der Waals surface area contributed by atoms with E-state index < -0.39 is 5.91 Å². The minimum atomic E-state index is -0.641. The quantitative estimate of drug-likeness (QED) is 0.485. The van der Waals surface area contributed by atoms with Gasteiger partial charge in [-0.15, -0.1) is 0 Å². The number of aryl methyl sites for hydroxylation is 1. The van der Waals surface area contributed by atoms with Crippen molar-refractivity contribution in [2.45, 2.75) is 26.7 Å². The molecule has 1 N–H and O–H groups in total. The third-order valence-electron chi connectivity index (χ3n) is 4.80. The molecule has 0 bridgehead atoms. The van der Waals surface area contributed by atoms with Crippen molar-refractivity contribution < 1.29 is 13.8 Å². The molecule has 0 aliphatic rings. The number of aromatic nitrogens is 2. The number of halogens is 1. The lowest BCUT2D eigenvalue weighted by molar-refractivity contribution is 0.0996. The molecule has 0 aliphatic heterocycles. The van der Waals surface area contributed by atoms with Crippen molar-refractivity contribution in [2.24, 2.45) is 0 Å². The summed E-state index contributed by atoms with van der Waals surface area (Å²) in [5, 5.41) is 11.0. The molecule has 2 heterocycles. The van der Waals surface area contributed by atoms with Gasteiger partial charge in [-0.1, -0.05) is 49.7 Å². The summed E-state index contributed by atoms with van der Waals surface area (Å²) in [5.41, 5.74) is 2.93. The highest BCUT2D eigenvalue weighted by atomic mass is 35.5. The zero-order valence-electron chi connectivity index (χ0n) is 16.5. The molecule has 30 heavy (non-hydrogen) atoms. The molecule has 7 nitrogen and oxygen atoms in total. The zero-order chi connectivity index (χ0) is 21.4. The Kier molecular flexibility index (Phi) is 5.13. The third kappa shape index (κ3) is 3.71. The number of carbonyl (C=O) groups excluding carboxylic acids is 1. The number of hydrogen-bond acceptors (Lipinski definition) is 6. The van der Waals surface area contributed by atoms with Crippen LogP contribution in [0.25, 0.3) is 22.2 Å². The van der Waals surface area contributed by atoms with Gasteiger partial charge in [-0.3, -0.25) is 14.9 Å². The van der Waals surface area contributed by atoms with Crippen molar-refractivity contribution in [2.75, 3.05) is 5.32 Å². The molecular weight excluding hydrogens is 406 g/mol. The largest absolute Gasteiger partial charge is 0.451 e. The Hall–Kier alpha value is -3.45. The number of benzene rings is 2. The number of nitrogens with zero attached hydrogens (tertiary/aromatic N) is 2. The van der Waals surface area contributed by atoms with Gasteiger partial charge in [-0.05, 0) is 46.4 Å². The molecule has 2 aromatic heterocycles. The lowest BCUT2D eigenvalue weighted by Gasteiger charge is -2.07. The highest BCUT2D eigenvalue weighted by molar-refractivity contribution is 6.32. The minimum absolute atomic E-state index is 0.132. The Bertz CT molecular complexity index is 1310. The fourth-order valence-corrected chi connectivity index (χ4v) is 3.21. The number of anilines is 1. The summed E-state index contributed by atoms with van der Waals surface area (Å²) in [5.74, 6) is -0.272. The molecule has 0 spiro atoms. The maximum absolute atomic E-state index is 12.7. The fourth-order valence-electron chi connectivity index (χ4n) is 3.04. The molecule has 0 radical (unpaired) electrons. The predicted molar refractivity (Wildman–Crippen MR) is 114 cm³/mol. The Labute approximate surface area is 176 Å². The van der Waals surface area contributed by atoms with Crippen LogP contribution in [0.4, 0.5) is 5.82 Å². The van der Waals surface area contributed by atoms with Gasteiger partial charge in [-0.25, -0.2) is 4.63 Å². The first-order valence-electron chi connectivity index (χ1n) is 9.31.